The van der Waals surface area contributed by atoms with E-state index in [0.29, 0.717) is 5.92 Å². The number of hydrogen-bond acceptors (Lipinski definition) is 2. The molecule has 1 aliphatic rings. The molecule has 0 aromatic carbocycles. The van der Waals surface area contributed by atoms with E-state index in [0.717, 1.165) is 32.1 Å². The second-order valence-electron chi connectivity index (χ2n) is 6.67. The molecule has 0 bridgehead atoms. The molecule has 0 radical (unpaired) electrons. The van der Waals surface area contributed by atoms with Crippen LogP contribution in [-0.2, 0) is 4.74 Å². The van der Waals surface area contributed by atoms with Gasteiger partial charge >= 0.3 is 0 Å². The van der Waals surface area contributed by atoms with E-state index in [1.807, 2.05) is 88.3 Å². The fourth-order valence-electron chi connectivity index (χ4n) is 3.14. The molecule has 1 saturated heterocycles. The van der Waals surface area contributed by atoms with Crippen LogP contribution in [0.1, 0.15) is 122 Å². The van der Waals surface area contributed by atoms with Crippen molar-refractivity contribution in [2.75, 3.05) is 6.61 Å². The van der Waals surface area contributed by atoms with Gasteiger partial charge in [-0.15, -0.1) is 0 Å². The summed E-state index contributed by atoms with van der Waals surface area (Å²) in [7, 11) is 0. The molecule has 204 valence electrons. The summed E-state index contributed by atoms with van der Waals surface area (Å²) in [6.07, 6.45) is 15.4. The minimum Gasteiger partial charge on any atom is -0.394 e. The SMILES string of the molecule is C=C/C(=C\CCC)C/C(C=C)=C/C(=C\C)[C@H]1C[C@@H](C)C[C@@H](CO)O1.CC.CC.CC.CC.CC. The minimum absolute atomic E-state index is 0.0533. The molecule has 0 spiro atoms. The highest BCUT2D eigenvalue weighted by Crippen LogP contribution is 2.30. The van der Waals surface area contributed by atoms with E-state index in [1.54, 1.807) is 0 Å². The first kappa shape index (κ1) is 42.8. The van der Waals surface area contributed by atoms with Gasteiger partial charge in [-0.1, -0.05) is 133 Å². The van der Waals surface area contributed by atoms with Gasteiger partial charge in [-0.05, 0) is 55.2 Å². The Labute approximate surface area is 217 Å². The number of allylic oxidation sites excluding steroid dienone is 6. The summed E-state index contributed by atoms with van der Waals surface area (Å²) in [5, 5.41) is 9.45. The average Bonchev–Trinajstić information content (AvgIpc) is 2.93. The Balaban J connectivity index is -0.000000247. The standard InChI is InChI=1S/C22H34O2.5C2H6/c1-6-10-11-18(7-2)14-19(8-3)15-20(9-4)22-13-17(5)12-21(16-23)24-22;5*1-2/h7-9,11,15,17,21-23H,2-3,6,10,12-14,16H2,1,4-5H3;5*1-2H3/b18-11+,19-15+,20-9+;;;;;/t17-,21-,22+;;;;;/m0...../s1. The van der Waals surface area contributed by atoms with Gasteiger partial charge < -0.3 is 9.84 Å². The highest BCUT2D eigenvalue weighted by atomic mass is 16.5. The Morgan fingerprint density at radius 2 is 1.38 bits per heavy atom. The lowest BCUT2D eigenvalue weighted by Gasteiger charge is -2.34. The number of aliphatic hydroxyl groups is 1. The van der Waals surface area contributed by atoms with Crippen LogP contribution in [0.25, 0.3) is 0 Å². The quantitative estimate of drug-likeness (QED) is 0.332. The second kappa shape index (κ2) is 36.2. The predicted molar refractivity (Wildman–Crippen MR) is 161 cm³/mol. The molecule has 34 heavy (non-hydrogen) atoms. The lowest BCUT2D eigenvalue weighted by Crippen LogP contribution is -2.35. The van der Waals surface area contributed by atoms with Crippen LogP contribution >= 0.6 is 0 Å². The summed E-state index contributed by atoms with van der Waals surface area (Å²) < 4.78 is 6.07. The van der Waals surface area contributed by atoms with Crippen molar-refractivity contribution in [1.29, 1.82) is 0 Å². The lowest BCUT2D eigenvalue weighted by molar-refractivity contribution is -0.0710. The van der Waals surface area contributed by atoms with Crippen LogP contribution in [0.15, 0.2) is 60.3 Å². The van der Waals surface area contributed by atoms with Crippen molar-refractivity contribution in [2.24, 2.45) is 5.92 Å². The van der Waals surface area contributed by atoms with Crippen LogP contribution in [0, 0.1) is 5.92 Å². The van der Waals surface area contributed by atoms with Crippen molar-refractivity contribution >= 4 is 0 Å². The van der Waals surface area contributed by atoms with Crippen LogP contribution in [-0.4, -0.2) is 23.9 Å². The summed E-state index contributed by atoms with van der Waals surface area (Å²) in [5.74, 6) is 0.560. The Morgan fingerprint density at radius 3 is 1.76 bits per heavy atom. The van der Waals surface area contributed by atoms with Crippen molar-refractivity contribution in [3.63, 3.8) is 0 Å². The van der Waals surface area contributed by atoms with E-state index < -0.39 is 0 Å². The number of ether oxygens (including phenoxy) is 1. The van der Waals surface area contributed by atoms with Crippen LogP contribution in [0.3, 0.4) is 0 Å². The Bertz CT molecular complexity index is 497. The molecule has 0 amide bonds. The summed E-state index contributed by atoms with van der Waals surface area (Å²) in [6, 6.07) is 0. The van der Waals surface area contributed by atoms with Crippen LogP contribution in [0.4, 0.5) is 0 Å². The maximum atomic E-state index is 9.45. The van der Waals surface area contributed by atoms with Gasteiger partial charge in [-0.3, -0.25) is 0 Å². The fourth-order valence-corrected chi connectivity index (χ4v) is 3.14. The van der Waals surface area contributed by atoms with Crippen molar-refractivity contribution < 1.29 is 9.84 Å². The molecule has 0 aromatic heterocycles. The molecule has 1 N–H and O–H groups in total. The number of unbranched alkanes of at least 4 members (excludes halogenated alkanes) is 1. The summed E-state index contributed by atoms with van der Waals surface area (Å²) in [6.45, 7) is 34.4. The van der Waals surface area contributed by atoms with Crippen molar-refractivity contribution in [2.45, 2.75) is 134 Å². The fraction of sp³-hybridized carbons (Fsp3) is 0.688. The van der Waals surface area contributed by atoms with Crippen LogP contribution in [0.2, 0.25) is 0 Å². The van der Waals surface area contributed by atoms with Crippen molar-refractivity contribution in [3.8, 4) is 0 Å². The normalized spacial score (nSPS) is 19.5. The van der Waals surface area contributed by atoms with Gasteiger partial charge in [0.2, 0.25) is 0 Å². The van der Waals surface area contributed by atoms with Gasteiger partial charge in [0.1, 0.15) is 0 Å². The minimum atomic E-state index is -0.0533. The van der Waals surface area contributed by atoms with Gasteiger partial charge in [0.25, 0.3) is 0 Å². The monoisotopic (exact) mass is 480 g/mol. The van der Waals surface area contributed by atoms with Gasteiger partial charge in [0, 0.05) is 0 Å². The molecular formula is C32H64O2. The van der Waals surface area contributed by atoms with Gasteiger partial charge in [0.15, 0.2) is 0 Å². The van der Waals surface area contributed by atoms with Gasteiger partial charge in [-0.25, -0.2) is 0 Å². The van der Waals surface area contributed by atoms with Gasteiger partial charge in [-0.2, -0.15) is 0 Å². The predicted octanol–water partition coefficient (Wildman–Crippen LogP) is 10.7. The molecule has 2 heteroatoms. The number of hydrogen-bond donors (Lipinski definition) is 1. The Kier molecular flexibility index (Phi) is 45.5. The molecule has 1 aliphatic heterocycles. The summed E-state index contributed by atoms with van der Waals surface area (Å²) in [4.78, 5) is 0. The Hall–Kier alpha value is -1.38. The van der Waals surface area contributed by atoms with E-state index in [9.17, 15) is 5.11 Å². The molecule has 0 aliphatic carbocycles. The van der Waals surface area contributed by atoms with Crippen molar-refractivity contribution in [3.05, 3.63) is 60.3 Å². The highest BCUT2D eigenvalue weighted by molar-refractivity contribution is 5.36. The first-order valence-corrected chi connectivity index (χ1v) is 14.1. The molecular weight excluding hydrogens is 416 g/mol. The van der Waals surface area contributed by atoms with Crippen LogP contribution in [0.5, 0.6) is 0 Å². The molecule has 1 fully saturated rings. The third kappa shape index (κ3) is 22.4. The highest BCUT2D eigenvalue weighted by Gasteiger charge is 2.28. The van der Waals surface area contributed by atoms with E-state index in [2.05, 4.69) is 45.2 Å². The zero-order chi connectivity index (χ0) is 27.9. The van der Waals surface area contributed by atoms with E-state index in [-0.39, 0.29) is 18.8 Å². The zero-order valence-electron chi connectivity index (χ0n) is 25.6. The molecule has 2 nitrogen and oxygen atoms in total. The third-order valence-electron chi connectivity index (χ3n) is 4.53. The second-order valence-corrected chi connectivity index (χ2v) is 6.67. The van der Waals surface area contributed by atoms with E-state index in [4.69, 9.17) is 4.74 Å². The molecule has 1 rings (SSSR count). The Morgan fingerprint density at radius 1 is 0.882 bits per heavy atom. The maximum Gasteiger partial charge on any atom is 0.0829 e. The first-order valence-electron chi connectivity index (χ1n) is 14.1. The number of rotatable bonds is 9. The topological polar surface area (TPSA) is 29.5 Å². The lowest BCUT2D eigenvalue weighted by atomic mass is 9.89. The molecule has 0 unspecified atom stereocenters. The van der Waals surface area contributed by atoms with Crippen LogP contribution < -0.4 is 0 Å². The summed E-state index contributed by atoms with van der Waals surface area (Å²) >= 11 is 0. The first-order chi connectivity index (χ1) is 16.6. The van der Waals surface area contributed by atoms with E-state index >= 15 is 0 Å². The molecule has 0 saturated carbocycles. The van der Waals surface area contributed by atoms with Gasteiger partial charge in [0.05, 0.1) is 18.8 Å². The van der Waals surface area contributed by atoms with Crippen molar-refractivity contribution in [1.82, 2.24) is 0 Å². The average molecular weight is 481 g/mol. The maximum absolute atomic E-state index is 9.45. The molecule has 1 heterocycles. The molecule has 3 atom stereocenters. The van der Waals surface area contributed by atoms with E-state index in [1.165, 1.54) is 16.7 Å². The smallest absolute Gasteiger partial charge is 0.0829 e. The third-order valence-corrected chi connectivity index (χ3v) is 4.53. The largest absolute Gasteiger partial charge is 0.394 e. The number of aliphatic hydroxyl groups excluding tert-OH is 1. The zero-order valence-corrected chi connectivity index (χ0v) is 25.6. The summed E-state index contributed by atoms with van der Waals surface area (Å²) in [5.41, 5.74) is 3.59. The molecule has 0 aromatic rings.